The largest absolute Gasteiger partial charge is 0.490 e. The van der Waals surface area contributed by atoms with Gasteiger partial charge in [0.15, 0.2) is 5.75 Å². The van der Waals surface area contributed by atoms with E-state index in [0.717, 1.165) is 0 Å². The molecule has 6 heteroatoms. The van der Waals surface area contributed by atoms with Crippen LogP contribution >= 0.6 is 23.2 Å². The number of nitrogens with zero attached hydrogens (tertiary/aromatic N) is 1. The molecule has 0 atom stereocenters. The molecule has 14 heavy (non-hydrogen) atoms. The van der Waals surface area contributed by atoms with E-state index in [0.29, 0.717) is 5.56 Å². The second kappa shape index (κ2) is 4.48. The molecule has 0 bridgehead atoms. The Kier molecular flexibility index (Phi) is 3.55. The standard InChI is InChI=1S/C8H7Cl2NO3/c1-14-8-2-5(4-9)6(10)3-7(8)11(12)13/h2-3H,4H2,1H3. The van der Waals surface area contributed by atoms with Gasteiger partial charge in [-0.05, 0) is 11.6 Å². The van der Waals surface area contributed by atoms with Crippen LogP contribution < -0.4 is 4.74 Å². The summed E-state index contributed by atoms with van der Waals surface area (Å²) in [7, 11) is 1.36. The van der Waals surface area contributed by atoms with Crippen molar-refractivity contribution < 1.29 is 9.66 Å². The fourth-order valence-electron chi connectivity index (χ4n) is 0.994. The van der Waals surface area contributed by atoms with Crippen LogP contribution in [0, 0.1) is 10.1 Å². The minimum Gasteiger partial charge on any atom is -0.490 e. The van der Waals surface area contributed by atoms with Gasteiger partial charge in [-0.1, -0.05) is 11.6 Å². The number of rotatable bonds is 3. The lowest BCUT2D eigenvalue weighted by molar-refractivity contribution is -0.385. The Bertz CT molecular complexity index is 368. The lowest BCUT2D eigenvalue weighted by Crippen LogP contribution is -1.95. The number of nitro groups is 1. The minimum absolute atomic E-state index is 0.161. The molecule has 0 spiro atoms. The summed E-state index contributed by atoms with van der Waals surface area (Å²) in [6.45, 7) is 0. The van der Waals surface area contributed by atoms with Crippen LogP contribution in [0.25, 0.3) is 0 Å². The van der Waals surface area contributed by atoms with Crippen LogP contribution in [0.15, 0.2) is 12.1 Å². The predicted molar refractivity (Wildman–Crippen MR) is 54.2 cm³/mol. The zero-order valence-electron chi connectivity index (χ0n) is 7.29. The van der Waals surface area contributed by atoms with Crippen LogP contribution in [0.3, 0.4) is 0 Å². The molecule has 0 aliphatic heterocycles. The van der Waals surface area contributed by atoms with Gasteiger partial charge in [0.05, 0.1) is 17.1 Å². The van der Waals surface area contributed by atoms with Gasteiger partial charge in [0.1, 0.15) is 0 Å². The van der Waals surface area contributed by atoms with Gasteiger partial charge in [-0.3, -0.25) is 10.1 Å². The van der Waals surface area contributed by atoms with Crippen molar-refractivity contribution in [2.75, 3.05) is 7.11 Å². The van der Waals surface area contributed by atoms with Gasteiger partial charge in [-0.2, -0.15) is 0 Å². The molecule has 0 amide bonds. The summed E-state index contributed by atoms with van der Waals surface area (Å²) in [5.74, 6) is 0.350. The SMILES string of the molecule is COc1cc(CCl)c(Cl)cc1[N+](=O)[O-]. The van der Waals surface area contributed by atoms with Gasteiger partial charge >= 0.3 is 5.69 Å². The van der Waals surface area contributed by atoms with Crippen molar-refractivity contribution in [1.29, 1.82) is 0 Å². The highest BCUT2D eigenvalue weighted by molar-refractivity contribution is 6.32. The molecule has 1 aromatic rings. The first kappa shape index (κ1) is 11.1. The van der Waals surface area contributed by atoms with Crippen molar-refractivity contribution in [2.24, 2.45) is 0 Å². The van der Waals surface area contributed by atoms with Gasteiger partial charge in [-0.25, -0.2) is 0 Å². The number of ether oxygens (including phenoxy) is 1. The molecular weight excluding hydrogens is 229 g/mol. The van der Waals surface area contributed by atoms with Crippen LogP contribution in [-0.4, -0.2) is 12.0 Å². The average molecular weight is 236 g/mol. The van der Waals surface area contributed by atoms with Crippen LogP contribution in [0.2, 0.25) is 5.02 Å². The molecule has 0 heterocycles. The van der Waals surface area contributed by atoms with E-state index in [9.17, 15) is 10.1 Å². The van der Waals surface area contributed by atoms with Crippen molar-refractivity contribution in [3.05, 3.63) is 32.8 Å². The Morgan fingerprint density at radius 2 is 2.21 bits per heavy atom. The fourth-order valence-corrected chi connectivity index (χ4v) is 1.51. The molecule has 1 aromatic carbocycles. The smallest absolute Gasteiger partial charge is 0.312 e. The van der Waals surface area contributed by atoms with E-state index in [4.69, 9.17) is 27.9 Å². The fraction of sp³-hybridized carbons (Fsp3) is 0.250. The maximum absolute atomic E-state index is 10.6. The molecule has 0 saturated heterocycles. The Morgan fingerprint density at radius 1 is 1.57 bits per heavy atom. The molecule has 0 aliphatic carbocycles. The maximum atomic E-state index is 10.6. The minimum atomic E-state index is -0.553. The number of hydrogen-bond donors (Lipinski definition) is 0. The number of nitro benzene ring substituents is 1. The highest BCUT2D eigenvalue weighted by Gasteiger charge is 2.17. The van der Waals surface area contributed by atoms with Gasteiger partial charge in [0, 0.05) is 11.9 Å². The zero-order valence-corrected chi connectivity index (χ0v) is 8.80. The molecule has 76 valence electrons. The third-order valence-corrected chi connectivity index (χ3v) is 2.33. The molecule has 0 N–H and O–H groups in total. The first-order valence-electron chi connectivity index (χ1n) is 3.67. The quantitative estimate of drug-likeness (QED) is 0.460. The van der Waals surface area contributed by atoms with Crippen LogP contribution in [0.1, 0.15) is 5.56 Å². The summed E-state index contributed by atoms with van der Waals surface area (Å²) in [4.78, 5) is 10.0. The summed E-state index contributed by atoms with van der Waals surface area (Å²) in [5, 5.41) is 10.8. The van der Waals surface area contributed by atoms with Crippen molar-refractivity contribution in [3.8, 4) is 5.75 Å². The van der Waals surface area contributed by atoms with E-state index >= 15 is 0 Å². The Balaban J connectivity index is 3.31. The van der Waals surface area contributed by atoms with Gasteiger partial charge in [-0.15, -0.1) is 11.6 Å². The number of hydrogen-bond acceptors (Lipinski definition) is 3. The molecule has 4 nitrogen and oxygen atoms in total. The predicted octanol–water partition coefficient (Wildman–Crippen LogP) is 3.00. The monoisotopic (exact) mass is 235 g/mol. The van der Waals surface area contributed by atoms with Crippen molar-refractivity contribution in [3.63, 3.8) is 0 Å². The first-order valence-corrected chi connectivity index (χ1v) is 4.58. The second-order valence-corrected chi connectivity index (χ2v) is 3.18. The lowest BCUT2D eigenvalue weighted by Gasteiger charge is -2.05. The second-order valence-electron chi connectivity index (χ2n) is 2.51. The normalized spacial score (nSPS) is 9.93. The average Bonchev–Trinajstić information content (AvgIpc) is 2.17. The summed E-state index contributed by atoms with van der Waals surface area (Å²) < 4.78 is 4.85. The van der Waals surface area contributed by atoms with Crippen molar-refractivity contribution in [1.82, 2.24) is 0 Å². The highest BCUT2D eigenvalue weighted by Crippen LogP contribution is 2.33. The summed E-state index contributed by atoms with van der Waals surface area (Å²) in [6.07, 6.45) is 0. The van der Waals surface area contributed by atoms with E-state index in [1.807, 2.05) is 0 Å². The van der Waals surface area contributed by atoms with E-state index in [1.54, 1.807) is 0 Å². The van der Waals surface area contributed by atoms with Crippen LogP contribution in [0.4, 0.5) is 5.69 Å². The Morgan fingerprint density at radius 3 is 2.64 bits per heavy atom. The topological polar surface area (TPSA) is 52.4 Å². The van der Waals surface area contributed by atoms with Gasteiger partial charge in [0.25, 0.3) is 0 Å². The highest BCUT2D eigenvalue weighted by atomic mass is 35.5. The molecule has 0 unspecified atom stereocenters. The molecule has 0 saturated carbocycles. The van der Waals surface area contributed by atoms with E-state index in [1.165, 1.54) is 19.2 Å². The summed E-state index contributed by atoms with van der Waals surface area (Å²) >= 11 is 11.3. The molecular formula is C8H7Cl2NO3. The zero-order chi connectivity index (χ0) is 10.7. The van der Waals surface area contributed by atoms with E-state index in [-0.39, 0.29) is 22.3 Å². The van der Waals surface area contributed by atoms with Gasteiger partial charge < -0.3 is 4.74 Å². The molecule has 0 aliphatic rings. The van der Waals surface area contributed by atoms with Crippen molar-refractivity contribution in [2.45, 2.75) is 5.88 Å². The third-order valence-electron chi connectivity index (χ3n) is 1.69. The number of halogens is 2. The molecule has 0 radical (unpaired) electrons. The molecule has 1 rings (SSSR count). The molecule has 0 fully saturated rings. The van der Waals surface area contributed by atoms with Gasteiger partial charge in [0.2, 0.25) is 0 Å². The summed E-state index contributed by atoms with van der Waals surface area (Å²) in [6, 6.07) is 2.70. The van der Waals surface area contributed by atoms with E-state index < -0.39 is 4.92 Å². The number of alkyl halides is 1. The Labute approximate surface area is 90.5 Å². The van der Waals surface area contributed by atoms with E-state index in [2.05, 4.69) is 0 Å². The maximum Gasteiger partial charge on any atom is 0.312 e. The van der Waals surface area contributed by atoms with Crippen LogP contribution in [-0.2, 0) is 5.88 Å². The lowest BCUT2D eigenvalue weighted by atomic mass is 10.2. The number of methoxy groups -OCH3 is 1. The first-order chi connectivity index (χ1) is 6.60. The molecule has 0 aromatic heterocycles. The number of benzene rings is 1. The Hall–Kier alpha value is -1.00. The third kappa shape index (κ3) is 2.08. The van der Waals surface area contributed by atoms with Crippen molar-refractivity contribution >= 4 is 28.9 Å². The summed E-state index contributed by atoms with van der Waals surface area (Å²) in [5.41, 5.74) is 0.446. The van der Waals surface area contributed by atoms with Crippen LogP contribution in [0.5, 0.6) is 5.75 Å².